The number of phenols is 1. The van der Waals surface area contributed by atoms with Crippen molar-refractivity contribution < 1.29 is 9.90 Å². The number of nitrogens with zero attached hydrogens (tertiary/aromatic N) is 1. The van der Waals surface area contributed by atoms with E-state index in [1.165, 1.54) is 0 Å². The molecule has 1 aliphatic rings. The van der Waals surface area contributed by atoms with Crippen LogP contribution in [-0.4, -0.2) is 36.1 Å². The maximum atomic E-state index is 12.2. The number of nitrogens with one attached hydrogen (secondary N) is 1. The molecule has 0 aromatic heterocycles. The number of hydrogen-bond donors (Lipinski definition) is 2. The number of rotatable bonds is 4. The van der Waals surface area contributed by atoms with Gasteiger partial charge in [0.25, 0.3) is 0 Å². The van der Waals surface area contributed by atoms with E-state index in [4.69, 9.17) is 0 Å². The van der Waals surface area contributed by atoms with Crippen LogP contribution in [0.15, 0.2) is 24.3 Å². The second kappa shape index (κ2) is 5.40. The van der Waals surface area contributed by atoms with E-state index in [2.05, 4.69) is 5.32 Å². The Morgan fingerprint density at radius 1 is 1.50 bits per heavy atom. The maximum absolute atomic E-state index is 12.2. The molecule has 1 unspecified atom stereocenters. The topological polar surface area (TPSA) is 52.6 Å². The summed E-state index contributed by atoms with van der Waals surface area (Å²) in [7, 11) is 1.79. The van der Waals surface area contributed by atoms with Gasteiger partial charge in [0.1, 0.15) is 5.75 Å². The van der Waals surface area contributed by atoms with Crippen molar-refractivity contribution in [1.82, 2.24) is 10.2 Å². The van der Waals surface area contributed by atoms with Gasteiger partial charge in [-0.25, -0.2) is 0 Å². The van der Waals surface area contributed by atoms with Gasteiger partial charge in [-0.3, -0.25) is 4.79 Å². The summed E-state index contributed by atoms with van der Waals surface area (Å²) in [5.74, 6) is 0.881. The normalized spacial score (nSPS) is 17.0. The van der Waals surface area contributed by atoms with E-state index in [-0.39, 0.29) is 17.6 Å². The molecule has 1 aromatic carbocycles. The zero-order valence-corrected chi connectivity index (χ0v) is 10.9. The second-order valence-corrected chi connectivity index (χ2v) is 5.03. The summed E-state index contributed by atoms with van der Waals surface area (Å²) in [5, 5.41) is 12.9. The summed E-state index contributed by atoms with van der Waals surface area (Å²) in [6.07, 6.45) is 0. The number of carbonyl (C=O) groups excluding carboxylic acids is 1. The standard InChI is InChI=1S/C14H20N2O2/c1-10(12-7-15-8-12)14(18)16(2)9-11-5-3-4-6-13(11)17/h3-6,10,12,15,17H,7-9H2,1-2H3. The average Bonchev–Trinajstić information content (AvgIpc) is 2.28. The first-order valence-corrected chi connectivity index (χ1v) is 6.32. The fourth-order valence-electron chi connectivity index (χ4n) is 2.19. The Morgan fingerprint density at radius 3 is 2.72 bits per heavy atom. The summed E-state index contributed by atoms with van der Waals surface area (Å²) in [6.45, 7) is 4.29. The van der Waals surface area contributed by atoms with Gasteiger partial charge in [0.2, 0.25) is 5.91 Å². The minimum atomic E-state index is 0.0436. The average molecular weight is 248 g/mol. The predicted molar refractivity (Wildman–Crippen MR) is 70.1 cm³/mol. The minimum absolute atomic E-state index is 0.0436. The summed E-state index contributed by atoms with van der Waals surface area (Å²) < 4.78 is 0. The number of hydrogen-bond acceptors (Lipinski definition) is 3. The first-order valence-electron chi connectivity index (χ1n) is 6.32. The van der Waals surface area contributed by atoms with E-state index in [0.717, 1.165) is 18.7 Å². The molecule has 2 N–H and O–H groups in total. The van der Waals surface area contributed by atoms with Crippen LogP contribution in [0.1, 0.15) is 12.5 Å². The van der Waals surface area contributed by atoms with Gasteiger partial charge in [-0.1, -0.05) is 25.1 Å². The van der Waals surface area contributed by atoms with E-state index in [9.17, 15) is 9.90 Å². The first-order chi connectivity index (χ1) is 8.59. The number of carbonyl (C=O) groups is 1. The Bertz CT molecular complexity index is 430. The molecule has 2 rings (SSSR count). The van der Waals surface area contributed by atoms with Crippen molar-refractivity contribution in [2.24, 2.45) is 11.8 Å². The summed E-state index contributed by atoms with van der Waals surface area (Å²) in [4.78, 5) is 13.9. The van der Waals surface area contributed by atoms with E-state index >= 15 is 0 Å². The molecule has 4 nitrogen and oxygen atoms in total. The van der Waals surface area contributed by atoms with Crippen LogP contribution in [0.2, 0.25) is 0 Å². The Kier molecular flexibility index (Phi) is 3.87. The molecular weight excluding hydrogens is 228 g/mol. The largest absolute Gasteiger partial charge is 0.508 e. The van der Waals surface area contributed by atoms with Gasteiger partial charge in [0.15, 0.2) is 0 Å². The van der Waals surface area contributed by atoms with Crippen molar-refractivity contribution in [2.75, 3.05) is 20.1 Å². The molecule has 1 atom stereocenters. The third-order valence-electron chi connectivity index (χ3n) is 3.69. The van der Waals surface area contributed by atoms with Gasteiger partial charge in [0.05, 0.1) is 0 Å². The lowest BCUT2D eigenvalue weighted by Crippen LogP contribution is -2.49. The Morgan fingerprint density at radius 2 is 2.17 bits per heavy atom. The Hall–Kier alpha value is -1.55. The van der Waals surface area contributed by atoms with E-state index in [1.54, 1.807) is 24.1 Å². The molecule has 0 spiro atoms. The molecular formula is C14H20N2O2. The van der Waals surface area contributed by atoms with Crippen LogP contribution in [0, 0.1) is 11.8 Å². The second-order valence-electron chi connectivity index (χ2n) is 5.03. The van der Waals surface area contributed by atoms with Crippen LogP contribution in [0.5, 0.6) is 5.75 Å². The molecule has 1 fully saturated rings. The third-order valence-corrected chi connectivity index (χ3v) is 3.69. The fourth-order valence-corrected chi connectivity index (χ4v) is 2.19. The SMILES string of the molecule is CC(C(=O)N(C)Cc1ccccc1O)C1CNC1. The van der Waals surface area contributed by atoms with Gasteiger partial charge in [-0.05, 0) is 25.1 Å². The smallest absolute Gasteiger partial charge is 0.225 e. The molecule has 1 heterocycles. The van der Waals surface area contributed by atoms with Crippen molar-refractivity contribution in [3.05, 3.63) is 29.8 Å². The van der Waals surface area contributed by atoms with Gasteiger partial charge in [-0.15, -0.1) is 0 Å². The summed E-state index contributed by atoms with van der Waals surface area (Å²) >= 11 is 0. The van der Waals surface area contributed by atoms with Crippen LogP contribution >= 0.6 is 0 Å². The van der Waals surface area contributed by atoms with E-state index in [0.29, 0.717) is 12.5 Å². The molecule has 1 saturated heterocycles. The highest BCUT2D eigenvalue weighted by atomic mass is 16.3. The van der Waals surface area contributed by atoms with Crippen LogP contribution in [0.25, 0.3) is 0 Å². The Balaban J connectivity index is 1.96. The third kappa shape index (κ3) is 2.64. The van der Waals surface area contributed by atoms with E-state index in [1.807, 2.05) is 19.1 Å². The van der Waals surface area contributed by atoms with Crippen LogP contribution < -0.4 is 5.32 Å². The maximum Gasteiger partial charge on any atom is 0.225 e. The van der Waals surface area contributed by atoms with Crippen molar-refractivity contribution in [1.29, 1.82) is 0 Å². The molecule has 4 heteroatoms. The highest BCUT2D eigenvalue weighted by Crippen LogP contribution is 2.21. The van der Waals surface area contributed by atoms with Gasteiger partial charge in [0, 0.05) is 25.1 Å². The Labute approximate surface area is 108 Å². The van der Waals surface area contributed by atoms with Crippen molar-refractivity contribution in [3.8, 4) is 5.75 Å². The lowest BCUT2D eigenvalue weighted by Gasteiger charge is -2.34. The van der Waals surface area contributed by atoms with Crippen LogP contribution in [-0.2, 0) is 11.3 Å². The predicted octanol–water partition coefficient (Wildman–Crippen LogP) is 1.21. The molecule has 1 aliphatic heterocycles. The van der Waals surface area contributed by atoms with Gasteiger partial charge < -0.3 is 15.3 Å². The van der Waals surface area contributed by atoms with Gasteiger partial charge >= 0.3 is 0 Å². The number of benzene rings is 1. The van der Waals surface area contributed by atoms with Crippen molar-refractivity contribution in [2.45, 2.75) is 13.5 Å². The monoisotopic (exact) mass is 248 g/mol. The number of para-hydroxylation sites is 1. The van der Waals surface area contributed by atoms with Crippen LogP contribution in [0.4, 0.5) is 0 Å². The molecule has 0 bridgehead atoms. The van der Waals surface area contributed by atoms with Crippen molar-refractivity contribution >= 4 is 5.91 Å². The highest BCUT2D eigenvalue weighted by molar-refractivity contribution is 5.78. The zero-order chi connectivity index (χ0) is 13.1. The zero-order valence-electron chi connectivity index (χ0n) is 10.9. The van der Waals surface area contributed by atoms with Gasteiger partial charge in [-0.2, -0.15) is 0 Å². The molecule has 1 amide bonds. The summed E-state index contributed by atoms with van der Waals surface area (Å²) in [6, 6.07) is 7.14. The molecule has 1 aromatic rings. The fraction of sp³-hybridized carbons (Fsp3) is 0.500. The molecule has 0 aliphatic carbocycles. The summed E-state index contributed by atoms with van der Waals surface area (Å²) in [5.41, 5.74) is 0.785. The number of amides is 1. The minimum Gasteiger partial charge on any atom is -0.508 e. The highest BCUT2D eigenvalue weighted by Gasteiger charge is 2.30. The van der Waals surface area contributed by atoms with Crippen molar-refractivity contribution in [3.63, 3.8) is 0 Å². The number of aromatic hydroxyl groups is 1. The lowest BCUT2D eigenvalue weighted by atomic mass is 9.88. The quantitative estimate of drug-likeness (QED) is 0.842. The molecule has 0 radical (unpaired) electrons. The molecule has 0 saturated carbocycles. The first kappa shape index (κ1) is 12.9. The van der Waals surface area contributed by atoms with Crippen LogP contribution in [0.3, 0.4) is 0 Å². The molecule has 98 valence electrons. The number of phenolic OH excluding ortho intramolecular Hbond substituents is 1. The molecule has 18 heavy (non-hydrogen) atoms. The van der Waals surface area contributed by atoms with E-state index < -0.39 is 0 Å². The lowest BCUT2D eigenvalue weighted by molar-refractivity contribution is -0.136.